The van der Waals surface area contributed by atoms with Gasteiger partial charge in [0.25, 0.3) is 0 Å². The van der Waals surface area contributed by atoms with Crippen molar-refractivity contribution in [2.45, 2.75) is 57.4 Å². The Kier molecular flexibility index (Phi) is 3.78. The van der Waals surface area contributed by atoms with Crippen molar-refractivity contribution in [1.82, 2.24) is 9.78 Å². The van der Waals surface area contributed by atoms with E-state index >= 15 is 0 Å². The highest BCUT2D eigenvalue weighted by Crippen LogP contribution is 2.38. The number of hydrogen-bond acceptors (Lipinski definition) is 4. The van der Waals surface area contributed by atoms with E-state index in [1.807, 2.05) is 4.68 Å². The molecule has 0 spiro atoms. The van der Waals surface area contributed by atoms with E-state index in [0.29, 0.717) is 12.8 Å². The molecule has 1 aliphatic carbocycles. The zero-order valence-electron chi connectivity index (χ0n) is 12.4. The van der Waals surface area contributed by atoms with Crippen LogP contribution in [0.15, 0.2) is 0 Å². The smallest absolute Gasteiger partial charge is 0.152 e. The number of nitrogens with zero attached hydrogens (tertiary/aromatic N) is 3. The number of aromatic nitrogens is 2. The largest absolute Gasteiger partial charge is 0.265 e. The lowest BCUT2D eigenvalue weighted by molar-refractivity contribution is 0.457. The molecule has 2 atom stereocenters. The van der Waals surface area contributed by atoms with Crippen molar-refractivity contribution in [3.63, 3.8) is 0 Å². The average Bonchev–Trinajstić information content (AvgIpc) is 3.00. The highest BCUT2D eigenvalue weighted by atomic mass is 32.2. The van der Waals surface area contributed by atoms with Crippen LogP contribution in [0.25, 0.3) is 0 Å². The zero-order chi connectivity index (χ0) is 15.0. The Morgan fingerprint density at radius 2 is 2.24 bits per heavy atom. The molecule has 21 heavy (non-hydrogen) atoms. The van der Waals surface area contributed by atoms with Gasteiger partial charge < -0.3 is 0 Å². The summed E-state index contributed by atoms with van der Waals surface area (Å²) in [6.07, 6.45) is 5.12. The molecule has 0 bridgehead atoms. The Balaban J connectivity index is 2.02. The van der Waals surface area contributed by atoms with Crippen molar-refractivity contribution < 1.29 is 8.42 Å². The first-order valence-electron chi connectivity index (χ1n) is 7.73. The normalized spacial score (nSPS) is 27.2. The maximum absolute atomic E-state index is 11.7. The number of aryl methyl sites for hydroxylation is 1. The van der Waals surface area contributed by atoms with Gasteiger partial charge in [-0.25, -0.2) is 8.42 Å². The van der Waals surface area contributed by atoms with Crippen LogP contribution in [-0.4, -0.2) is 29.7 Å². The summed E-state index contributed by atoms with van der Waals surface area (Å²) in [5.41, 5.74) is 3.50. The second-order valence-electron chi connectivity index (χ2n) is 6.11. The van der Waals surface area contributed by atoms with E-state index in [4.69, 9.17) is 10.4 Å². The molecule has 1 fully saturated rings. The van der Waals surface area contributed by atoms with Crippen LogP contribution in [0, 0.1) is 11.3 Å². The van der Waals surface area contributed by atoms with Crippen molar-refractivity contribution in [2.24, 2.45) is 0 Å². The second-order valence-corrected chi connectivity index (χ2v) is 8.34. The summed E-state index contributed by atoms with van der Waals surface area (Å²) in [4.78, 5) is 0. The molecule has 1 aliphatic heterocycles. The van der Waals surface area contributed by atoms with Gasteiger partial charge >= 0.3 is 0 Å². The first kappa shape index (κ1) is 14.6. The predicted octanol–water partition coefficient (Wildman–Crippen LogP) is 2.14. The van der Waals surface area contributed by atoms with E-state index in [9.17, 15) is 8.42 Å². The zero-order valence-corrected chi connectivity index (χ0v) is 13.2. The molecule has 0 saturated carbocycles. The van der Waals surface area contributed by atoms with Crippen molar-refractivity contribution in [3.8, 4) is 6.07 Å². The summed E-state index contributed by atoms with van der Waals surface area (Å²) in [6, 6.07) is 2.28. The molecular weight excluding hydrogens is 286 g/mol. The van der Waals surface area contributed by atoms with Crippen LogP contribution < -0.4 is 0 Å². The number of nitriles is 1. The van der Waals surface area contributed by atoms with Crippen LogP contribution in [0.2, 0.25) is 0 Å². The minimum Gasteiger partial charge on any atom is -0.265 e. The molecule has 6 heteroatoms. The fourth-order valence-electron chi connectivity index (χ4n) is 3.76. The lowest BCUT2D eigenvalue weighted by atomic mass is 9.83. The Labute approximate surface area is 125 Å². The van der Waals surface area contributed by atoms with Crippen molar-refractivity contribution in [1.29, 1.82) is 5.26 Å². The summed E-state index contributed by atoms with van der Waals surface area (Å²) in [7, 11) is -2.90. The highest BCUT2D eigenvalue weighted by Gasteiger charge is 2.35. The number of sulfone groups is 1. The number of hydrogen-bond donors (Lipinski definition) is 0. The topological polar surface area (TPSA) is 75.8 Å². The third-order valence-electron chi connectivity index (χ3n) is 4.73. The Hall–Kier alpha value is -1.35. The van der Waals surface area contributed by atoms with Gasteiger partial charge in [-0.2, -0.15) is 10.4 Å². The van der Waals surface area contributed by atoms with Gasteiger partial charge in [-0.05, 0) is 32.1 Å². The Morgan fingerprint density at radius 1 is 1.43 bits per heavy atom. The summed E-state index contributed by atoms with van der Waals surface area (Å²) in [5, 5.41) is 13.8. The molecule has 1 aromatic rings. The SMILES string of the molecule is CCc1nn(C2CCS(=O)(=O)C2)c2c1C(CC#N)CCC2. The predicted molar refractivity (Wildman–Crippen MR) is 79.8 cm³/mol. The molecule has 1 aromatic heterocycles. The summed E-state index contributed by atoms with van der Waals surface area (Å²) in [5.74, 6) is 0.767. The van der Waals surface area contributed by atoms with Gasteiger partial charge in [0.2, 0.25) is 0 Å². The summed E-state index contributed by atoms with van der Waals surface area (Å²) in [6.45, 7) is 2.08. The molecule has 0 amide bonds. The number of fused-ring (bicyclic) bond motifs is 1. The standard InChI is InChI=1S/C15H21N3O2S/c1-2-13-15-11(6-8-16)4-3-5-14(15)18(17-13)12-7-9-21(19,20)10-12/h11-12H,2-7,9-10H2,1H3. The van der Waals surface area contributed by atoms with Gasteiger partial charge in [0, 0.05) is 23.6 Å². The second kappa shape index (κ2) is 5.45. The first-order chi connectivity index (χ1) is 10.1. The van der Waals surface area contributed by atoms with Gasteiger partial charge in [-0.15, -0.1) is 0 Å². The molecule has 1 saturated heterocycles. The molecule has 2 heterocycles. The fourth-order valence-corrected chi connectivity index (χ4v) is 5.45. The van der Waals surface area contributed by atoms with Gasteiger partial charge in [-0.3, -0.25) is 4.68 Å². The van der Waals surface area contributed by atoms with Gasteiger partial charge in [0.1, 0.15) is 0 Å². The molecule has 2 unspecified atom stereocenters. The average molecular weight is 307 g/mol. The highest BCUT2D eigenvalue weighted by molar-refractivity contribution is 7.91. The molecule has 0 N–H and O–H groups in total. The minimum absolute atomic E-state index is 0.00937. The maximum Gasteiger partial charge on any atom is 0.152 e. The molecule has 114 valence electrons. The minimum atomic E-state index is -2.90. The fraction of sp³-hybridized carbons (Fsp3) is 0.733. The van der Waals surface area contributed by atoms with E-state index in [0.717, 1.165) is 31.4 Å². The third kappa shape index (κ3) is 2.59. The van der Waals surface area contributed by atoms with E-state index in [1.54, 1.807) is 0 Å². The van der Waals surface area contributed by atoms with Crippen molar-refractivity contribution >= 4 is 9.84 Å². The molecule has 0 aromatic carbocycles. The quantitative estimate of drug-likeness (QED) is 0.857. The Morgan fingerprint density at radius 3 is 2.86 bits per heavy atom. The first-order valence-corrected chi connectivity index (χ1v) is 9.55. The van der Waals surface area contributed by atoms with Crippen molar-refractivity contribution in [2.75, 3.05) is 11.5 Å². The molecule has 0 radical (unpaired) electrons. The molecule has 5 nitrogen and oxygen atoms in total. The van der Waals surface area contributed by atoms with Crippen LogP contribution in [-0.2, 0) is 22.7 Å². The molecule has 3 rings (SSSR count). The van der Waals surface area contributed by atoms with Crippen LogP contribution in [0.3, 0.4) is 0 Å². The molecule has 2 aliphatic rings. The van der Waals surface area contributed by atoms with Crippen molar-refractivity contribution in [3.05, 3.63) is 17.0 Å². The van der Waals surface area contributed by atoms with Crippen LogP contribution in [0.1, 0.15) is 61.5 Å². The maximum atomic E-state index is 11.7. The van der Waals surface area contributed by atoms with Gasteiger partial charge in [0.15, 0.2) is 9.84 Å². The Bertz CT molecular complexity index is 685. The molecular formula is C15H21N3O2S. The van der Waals surface area contributed by atoms with Crippen LogP contribution in [0.4, 0.5) is 0 Å². The number of rotatable bonds is 3. The van der Waals surface area contributed by atoms with Gasteiger partial charge in [-0.1, -0.05) is 6.92 Å². The van der Waals surface area contributed by atoms with Crippen LogP contribution in [0.5, 0.6) is 0 Å². The third-order valence-corrected chi connectivity index (χ3v) is 6.48. The summed E-state index contributed by atoms with van der Waals surface area (Å²) < 4.78 is 25.5. The van der Waals surface area contributed by atoms with Crippen LogP contribution >= 0.6 is 0 Å². The monoisotopic (exact) mass is 307 g/mol. The van der Waals surface area contributed by atoms with E-state index in [2.05, 4.69) is 13.0 Å². The lowest BCUT2D eigenvalue weighted by Gasteiger charge is -2.23. The van der Waals surface area contributed by atoms with Gasteiger partial charge in [0.05, 0.1) is 29.3 Å². The van der Waals surface area contributed by atoms with E-state index in [-0.39, 0.29) is 23.5 Å². The summed E-state index contributed by atoms with van der Waals surface area (Å²) >= 11 is 0. The van der Waals surface area contributed by atoms with E-state index in [1.165, 1.54) is 11.3 Å². The van der Waals surface area contributed by atoms with E-state index < -0.39 is 9.84 Å². The lowest BCUT2D eigenvalue weighted by Crippen LogP contribution is -2.18.